The molecule has 0 saturated heterocycles. The lowest BCUT2D eigenvalue weighted by Crippen LogP contribution is -2.01. The van der Waals surface area contributed by atoms with E-state index < -0.39 is 0 Å². The first-order chi connectivity index (χ1) is 9.22. The highest BCUT2D eigenvalue weighted by molar-refractivity contribution is 6.30. The minimum atomic E-state index is 0.0451. The molecule has 2 aromatic carbocycles. The molecular formula is C15H13ClN2O. The largest absolute Gasteiger partial charge is 0.392 e. The van der Waals surface area contributed by atoms with Crippen molar-refractivity contribution >= 4 is 17.3 Å². The fraction of sp³-hybridized carbons (Fsp3) is 0.133. The van der Waals surface area contributed by atoms with Gasteiger partial charge in [0.1, 0.15) is 6.07 Å². The first-order valence-corrected chi connectivity index (χ1v) is 6.23. The molecular weight excluding hydrogens is 260 g/mol. The molecule has 2 N–H and O–H groups in total. The summed E-state index contributed by atoms with van der Waals surface area (Å²) in [7, 11) is 0. The molecule has 3 nitrogen and oxygen atoms in total. The fourth-order valence-corrected chi connectivity index (χ4v) is 1.90. The highest BCUT2D eigenvalue weighted by Gasteiger charge is 2.02. The Hall–Kier alpha value is -2.02. The van der Waals surface area contributed by atoms with Crippen LogP contribution < -0.4 is 5.32 Å². The fourth-order valence-electron chi connectivity index (χ4n) is 1.72. The van der Waals surface area contributed by atoms with E-state index in [1.807, 2.05) is 24.3 Å². The van der Waals surface area contributed by atoms with E-state index in [1.165, 1.54) is 0 Å². The third-order valence-corrected chi connectivity index (χ3v) is 3.03. The van der Waals surface area contributed by atoms with Crippen LogP contribution in [0.2, 0.25) is 5.02 Å². The summed E-state index contributed by atoms with van der Waals surface area (Å²) in [6, 6.07) is 14.9. The normalized spacial score (nSPS) is 9.95. The molecule has 0 amide bonds. The van der Waals surface area contributed by atoms with Gasteiger partial charge in [0, 0.05) is 11.6 Å². The van der Waals surface area contributed by atoms with Crippen molar-refractivity contribution in [1.82, 2.24) is 0 Å². The van der Waals surface area contributed by atoms with Gasteiger partial charge in [-0.15, -0.1) is 0 Å². The van der Waals surface area contributed by atoms with Gasteiger partial charge in [-0.1, -0.05) is 35.9 Å². The molecule has 2 aromatic rings. The first kappa shape index (κ1) is 13.4. The smallest absolute Gasteiger partial charge is 0.101 e. The number of rotatable bonds is 4. The van der Waals surface area contributed by atoms with Crippen molar-refractivity contribution in [2.45, 2.75) is 13.2 Å². The molecule has 19 heavy (non-hydrogen) atoms. The van der Waals surface area contributed by atoms with Gasteiger partial charge < -0.3 is 10.4 Å². The zero-order chi connectivity index (χ0) is 13.7. The zero-order valence-corrected chi connectivity index (χ0v) is 11.0. The van der Waals surface area contributed by atoms with Crippen LogP contribution in [0.15, 0.2) is 42.5 Å². The Balaban J connectivity index is 2.08. The Labute approximate surface area is 117 Å². The summed E-state index contributed by atoms with van der Waals surface area (Å²) in [4.78, 5) is 0. The van der Waals surface area contributed by atoms with E-state index in [4.69, 9.17) is 22.0 Å². The Bertz CT molecular complexity index is 603. The average molecular weight is 273 g/mol. The lowest BCUT2D eigenvalue weighted by Gasteiger charge is -2.09. The second-order valence-electron chi connectivity index (χ2n) is 4.13. The van der Waals surface area contributed by atoms with Gasteiger partial charge in [0.25, 0.3) is 0 Å². The number of benzene rings is 2. The average Bonchev–Trinajstić information content (AvgIpc) is 2.46. The first-order valence-electron chi connectivity index (χ1n) is 5.85. The van der Waals surface area contributed by atoms with Crippen molar-refractivity contribution in [3.05, 3.63) is 64.2 Å². The summed E-state index contributed by atoms with van der Waals surface area (Å²) in [5.41, 5.74) is 3.25. The van der Waals surface area contributed by atoms with Crippen LogP contribution in [0.5, 0.6) is 0 Å². The van der Waals surface area contributed by atoms with Crippen LogP contribution in [0.3, 0.4) is 0 Å². The Kier molecular flexibility index (Phi) is 4.40. The highest BCUT2D eigenvalue weighted by Crippen LogP contribution is 2.20. The van der Waals surface area contributed by atoms with Gasteiger partial charge in [-0.25, -0.2) is 0 Å². The summed E-state index contributed by atoms with van der Waals surface area (Å²) in [6.45, 7) is 0.658. The maximum Gasteiger partial charge on any atom is 0.101 e. The third kappa shape index (κ3) is 3.47. The van der Waals surface area contributed by atoms with Crippen LogP contribution in [-0.2, 0) is 13.2 Å². The molecule has 0 aliphatic carbocycles. The molecule has 2 rings (SSSR count). The third-order valence-electron chi connectivity index (χ3n) is 2.79. The maximum absolute atomic E-state index is 9.03. The van der Waals surface area contributed by atoms with Crippen molar-refractivity contribution in [3.63, 3.8) is 0 Å². The van der Waals surface area contributed by atoms with Gasteiger partial charge in [0.15, 0.2) is 0 Å². The standard InChI is InChI=1S/C15H13ClN2O/c16-14-5-6-15(13(7-14)8-17)18-9-11-1-3-12(10-19)4-2-11/h1-7,18-19H,9-10H2. The lowest BCUT2D eigenvalue weighted by molar-refractivity contribution is 0.282. The number of aliphatic hydroxyl groups excluding tert-OH is 1. The molecule has 0 unspecified atom stereocenters. The number of hydrogen-bond donors (Lipinski definition) is 2. The summed E-state index contributed by atoms with van der Waals surface area (Å²) in [5, 5.41) is 21.8. The van der Waals surface area contributed by atoms with Crippen molar-refractivity contribution in [3.8, 4) is 6.07 Å². The number of anilines is 1. The molecule has 0 radical (unpaired) electrons. The minimum Gasteiger partial charge on any atom is -0.392 e. The molecule has 0 saturated carbocycles. The van der Waals surface area contributed by atoms with E-state index in [0.29, 0.717) is 17.1 Å². The maximum atomic E-state index is 9.03. The second kappa shape index (κ2) is 6.24. The van der Waals surface area contributed by atoms with E-state index in [1.54, 1.807) is 18.2 Å². The van der Waals surface area contributed by atoms with Crippen LogP contribution >= 0.6 is 11.6 Å². The van der Waals surface area contributed by atoms with Gasteiger partial charge in [-0.05, 0) is 29.3 Å². The summed E-state index contributed by atoms with van der Waals surface area (Å²) < 4.78 is 0. The predicted molar refractivity (Wildman–Crippen MR) is 75.9 cm³/mol. The molecule has 0 atom stereocenters. The predicted octanol–water partition coefficient (Wildman–Crippen LogP) is 3.32. The molecule has 4 heteroatoms. The van der Waals surface area contributed by atoms with Gasteiger partial charge in [-0.2, -0.15) is 5.26 Å². The van der Waals surface area contributed by atoms with E-state index in [2.05, 4.69) is 11.4 Å². The van der Waals surface area contributed by atoms with Crippen molar-refractivity contribution < 1.29 is 5.11 Å². The molecule has 0 aliphatic rings. The number of aliphatic hydroxyl groups is 1. The molecule has 0 spiro atoms. The van der Waals surface area contributed by atoms with Crippen LogP contribution in [0.4, 0.5) is 5.69 Å². The van der Waals surface area contributed by atoms with Crippen LogP contribution in [0, 0.1) is 11.3 Å². The number of nitrogens with zero attached hydrogens (tertiary/aromatic N) is 1. The molecule has 0 aliphatic heterocycles. The lowest BCUT2D eigenvalue weighted by atomic mass is 10.1. The number of nitrogens with one attached hydrogen (secondary N) is 1. The number of halogens is 1. The topological polar surface area (TPSA) is 56.0 Å². The van der Waals surface area contributed by atoms with Gasteiger partial charge in [-0.3, -0.25) is 0 Å². The number of hydrogen-bond acceptors (Lipinski definition) is 3. The van der Waals surface area contributed by atoms with Crippen LogP contribution in [-0.4, -0.2) is 5.11 Å². The second-order valence-corrected chi connectivity index (χ2v) is 4.57. The molecule has 0 bridgehead atoms. The SMILES string of the molecule is N#Cc1cc(Cl)ccc1NCc1ccc(CO)cc1. The Morgan fingerprint density at radius 3 is 2.42 bits per heavy atom. The molecule has 0 fully saturated rings. The molecule has 0 aromatic heterocycles. The summed E-state index contributed by atoms with van der Waals surface area (Å²) in [6.07, 6.45) is 0. The van der Waals surface area contributed by atoms with Gasteiger partial charge >= 0.3 is 0 Å². The van der Waals surface area contributed by atoms with Crippen LogP contribution in [0.25, 0.3) is 0 Å². The van der Waals surface area contributed by atoms with E-state index in [0.717, 1.165) is 16.8 Å². The molecule has 96 valence electrons. The van der Waals surface area contributed by atoms with E-state index in [-0.39, 0.29) is 6.61 Å². The van der Waals surface area contributed by atoms with Crippen molar-refractivity contribution in [2.24, 2.45) is 0 Å². The number of nitriles is 1. The van der Waals surface area contributed by atoms with E-state index in [9.17, 15) is 0 Å². The highest BCUT2D eigenvalue weighted by atomic mass is 35.5. The minimum absolute atomic E-state index is 0.0451. The quantitative estimate of drug-likeness (QED) is 0.898. The van der Waals surface area contributed by atoms with Gasteiger partial charge in [0.2, 0.25) is 0 Å². The van der Waals surface area contributed by atoms with Crippen molar-refractivity contribution in [1.29, 1.82) is 5.26 Å². The summed E-state index contributed by atoms with van der Waals surface area (Å²) in [5.74, 6) is 0. The Morgan fingerprint density at radius 2 is 1.79 bits per heavy atom. The van der Waals surface area contributed by atoms with Gasteiger partial charge in [0.05, 0.1) is 17.9 Å². The van der Waals surface area contributed by atoms with Crippen molar-refractivity contribution in [2.75, 3.05) is 5.32 Å². The summed E-state index contributed by atoms with van der Waals surface area (Å²) >= 11 is 5.84. The van der Waals surface area contributed by atoms with Crippen LogP contribution in [0.1, 0.15) is 16.7 Å². The van der Waals surface area contributed by atoms with E-state index >= 15 is 0 Å². The zero-order valence-electron chi connectivity index (χ0n) is 10.2. The Morgan fingerprint density at radius 1 is 1.11 bits per heavy atom. The molecule has 0 heterocycles. The monoisotopic (exact) mass is 272 g/mol.